The highest BCUT2D eigenvalue weighted by atomic mass is 16.4. The molecule has 78 valence electrons. The molecule has 0 aliphatic heterocycles. The van der Waals surface area contributed by atoms with E-state index in [-0.39, 0.29) is 0 Å². The Morgan fingerprint density at radius 3 is 2.80 bits per heavy atom. The summed E-state index contributed by atoms with van der Waals surface area (Å²) in [6.45, 7) is 3.35. The van der Waals surface area contributed by atoms with Gasteiger partial charge in [-0.3, -0.25) is 4.79 Å². The average molecular weight is 204 g/mol. The van der Waals surface area contributed by atoms with Crippen LogP contribution in [0, 0.1) is 18.3 Å². The summed E-state index contributed by atoms with van der Waals surface area (Å²) in [6, 6.07) is 6.64. The molecule has 15 heavy (non-hydrogen) atoms. The zero-order valence-corrected chi connectivity index (χ0v) is 8.61. The molecular weight excluding hydrogens is 192 g/mol. The van der Waals surface area contributed by atoms with E-state index in [1.165, 1.54) is 6.92 Å². The molecule has 2 N–H and O–H groups in total. The first-order valence-corrected chi connectivity index (χ1v) is 4.55. The first-order valence-electron chi connectivity index (χ1n) is 4.55. The molecule has 0 aliphatic carbocycles. The van der Waals surface area contributed by atoms with Crippen molar-refractivity contribution in [2.45, 2.75) is 19.9 Å². The Morgan fingerprint density at radius 2 is 2.27 bits per heavy atom. The first kappa shape index (κ1) is 11.1. The predicted octanol–water partition coefficient (Wildman–Crippen LogP) is 1.75. The maximum atomic E-state index is 10.6. The second-order valence-electron chi connectivity index (χ2n) is 3.31. The number of nitrogens with zero attached hydrogens (tertiary/aromatic N) is 1. The Morgan fingerprint density at radius 1 is 1.60 bits per heavy atom. The third kappa shape index (κ3) is 2.47. The van der Waals surface area contributed by atoms with Gasteiger partial charge in [0, 0.05) is 0 Å². The summed E-state index contributed by atoms with van der Waals surface area (Å²) in [7, 11) is 0. The van der Waals surface area contributed by atoms with E-state index in [0.717, 1.165) is 5.56 Å². The minimum Gasteiger partial charge on any atom is -0.480 e. The second-order valence-corrected chi connectivity index (χ2v) is 3.31. The van der Waals surface area contributed by atoms with Gasteiger partial charge >= 0.3 is 5.97 Å². The SMILES string of the molecule is Cc1cccc(NC(C)C(=O)O)c1C#N. The normalized spacial score (nSPS) is 11.5. The van der Waals surface area contributed by atoms with Gasteiger partial charge < -0.3 is 10.4 Å². The molecule has 1 atom stereocenters. The monoisotopic (exact) mass is 204 g/mol. The van der Waals surface area contributed by atoms with Crippen LogP contribution in [0.15, 0.2) is 18.2 Å². The van der Waals surface area contributed by atoms with Crippen molar-refractivity contribution in [3.05, 3.63) is 29.3 Å². The van der Waals surface area contributed by atoms with E-state index in [9.17, 15) is 4.79 Å². The first-order chi connectivity index (χ1) is 7.06. The molecule has 0 amide bonds. The number of nitriles is 1. The van der Waals surface area contributed by atoms with Crippen LogP contribution in [0.25, 0.3) is 0 Å². The van der Waals surface area contributed by atoms with Crippen LogP contribution in [-0.2, 0) is 4.79 Å². The largest absolute Gasteiger partial charge is 0.480 e. The van der Waals surface area contributed by atoms with Crippen LogP contribution in [0.5, 0.6) is 0 Å². The molecule has 0 radical (unpaired) electrons. The van der Waals surface area contributed by atoms with Gasteiger partial charge in [0.2, 0.25) is 0 Å². The van der Waals surface area contributed by atoms with Gasteiger partial charge in [0.05, 0.1) is 11.3 Å². The molecule has 0 bridgehead atoms. The van der Waals surface area contributed by atoms with Gasteiger partial charge in [-0.25, -0.2) is 0 Å². The minimum absolute atomic E-state index is 0.491. The van der Waals surface area contributed by atoms with Crippen molar-refractivity contribution in [2.24, 2.45) is 0 Å². The Bertz CT molecular complexity index is 421. The lowest BCUT2D eigenvalue weighted by molar-refractivity contribution is -0.137. The lowest BCUT2D eigenvalue weighted by Crippen LogP contribution is -2.25. The molecule has 1 rings (SSSR count). The van der Waals surface area contributed by atoms with Crippen molar-refractivity contribution in [3.8, 4) is 6.07 Å². The zero-order chi connectivity index (χ0) is 11.4. The Hall–Kier alpha value is -2.02. The van der Waals surface area contributed by atoms with Crippen molar-refractivity contribution in [2.75, 3.05) is 5.32 Å². The number of hydrogen-bond donors (Lipinski definition) is 2. The number of carboxylic acids is 1. The number of carbonyl (C=O) groups is 1. The van der Waals surface area contributed by atoms with E-state index in [1.807, 2.05) is 13.0 Å². The Labute approximate surface area is 88.2 Å². The van der Waals surface area contributed by atoms with E-state index in [0.29, 0.717) is 11.3 Å². The quantitative estimate of drug-likeness (QED) is 0.786. The lowest BCUT2D eigenvalue weighted by atomic mass is 10.1. The molecule has 1 unspecified atom stereocenters. The summed E-state index contributed by atoms with van der Waals surface area (Å²) >= 11 is 0. The topological polar surface area (TPSA) is 73.1 Å². The van der Waals surface area contributed by atoms with Crippen molar-refractivity contribution in [1.82, 2.24) is 0 Å². The van der Waals surface area contributed by atoms with E-state index in [1.54, 1.807) is 12.1 Å². The highest BCUT2D eigenvalue weighted by molar-refractivity contribution is 5.78. The molecule has 0 fully saturated rings. The number of benzene rings is 1. The average Bonchev–Trinajstić information content (AvgIpc) is 2.18. The van der Waals surface area contributed by atoms with Crippen molar-refractivity contribution in [3.63, 3.8) is 0 Å². The molecule has 4 heteroatoms. The van der Waals surface area contributed by atoms with Crippen molar-refractivity contribution in [1.29, 1.82) is 5.26 Å². The number of aliphatic carboxylic acids is 1. The summed E-state index contributed by atoms with van der Waals surface area (Å²) in [5.74, 6) is -0.944. The standard InChI is InChI=1S/C11H12N2O2/c1-7-4-3-5-10(9(7)6-12)13-8(2)11(14)15/h3-5,8,13H,1-2H3,(H,14,15). The van der Waals surface area contributed by atoms with Gasteiger partial charge in [-0.05, 0) is 25.5 Å². The number of nitrogens with one attached hydrogen (secondary N) is 1. The molecule has 0 saturated heterocycles. The van der Waals surface area contributed by atoms with Gasteiger partial charge in [-0.2, -0.15) is 5.26 Å². The maximum absolute atomic E-state index is 10.6. The lowest BCUT2D eigenvalue weighted by Gasteiger charge is -2.12. The van der Waals surface area contributed by atoms with Crippen LogP contribution in [0.4, 0.5) is 5.69 Å². The molecule has 0 saturated carbocycles. The highest BCUT2D eigenvalue weighted by Gasteiger charge is 2.12. The van der Waals surface area contributed by atoms with Gasteiger partial charge in [-0.15, -0.1) is 0 Å². The third-order valence-corrected chi connectivity index (χ3v) is 2.13. The molecule has 0 heterocycles. The van der Waals surface area contributed by atoms with Crippen LogP contribution in [0.3, 0.4) is 0 Å². The number of hydrogen-bond acceptors (Lipinski definition) is 3. The predicted molar refractivity (Wildman–Crippen MR) is 56.6 cm³/mol. The van der Waals surface area contributed by atoms with Gasteiger partial charge in [0.1, 0.15) is 12.1 Å². The van der Waals surface area contributed by atoms with Crippen LogP contribution >= 0.6 is 0 Å². The number of aryl methyl sites for hydroxylation is 1. The van der Waals surface area contributed by atoms with E-state index >= 15 is 0 Å². The van der Waals surface area contributed by atoms with Crippen LogP contribution in [-0.4, -0.2) is 17.1 Å². The second kappa shape index (κ2) is 4.47. The molecule has 1 aromatic rings. The Balaban J connectivity index is 3.01. The molecule has 0 aliphatic rings. The number of carboxylic acid groups (broad SMARTS) is 1. The van der Waals surface area contributed by atoms with Gasteiger partial charge in [0.25, 0.3) is 0 Å². The van der Waals surface area contributed by atoms with Crippen LogP contribution < -0.4 is 5.32 Å². The summed E-state index contributed by atoms with van der Waals surface area (Å²) in [5, 5.41) is 20.4. The third-order valence-electron chi connectivity index (χ3n) is 2.13. The smallest absolute Gasteiger partial charge is 0.325 e. The summed E-state index contributed by atoms with van der Waals surface area (Å²) < 4.78 is 0. The molecule has 1 aromatic carbocycles. The maximum Gasteiger partial charge on any atom is 0.325 e. The fourth-order valence-corrected chi connectivity index (χ4v) is 1.23. The van der Waals surface area contributed by atoms with E-state index in [2.05, 4.69) is 11.4 Å². The zero-order valence-electron chi connectivity index (χ0n) is 8.61. The number of anilines is 1. The fraction of sp³-hybridized carbons (Fsp3) is 0.273. The van der Waals surface area contributed by atoms with Crippen LogP contribution in [0.2, 0.25) is 0 Å². The molecular formula is C11H12N2O2. The fourth-order valence-electron chi connectivity index (χ4n) is 1.23. The molecule has 0 spiro atoms. The van der Waals surface area contributed by atoms with Gasteiger partial charge in [0.15, 0.2) is 0 Å². The minimum atomic E-state index is -0.944. The highest BCUT2D eigenvalue weighted by Crippen LogP contribution is 2.18. The van der Waals surface area contributed by atoms with Crippen molar-refractivity contribution < 1.29 is 9.90 Å². The summed E-state index contributed by atoms with van der Waals surface area (Å²) in [5.41, 5.74) is 1.89. The van der Waals surface area contributed by atoms with E-state index < -0.39 is 12.0 Å². The van der Waals surface area contributed by atoms with Crippen LogP contribution in [0.1, 0.15) is 18.1 Å². The summed E-state index contributed by atoms with van der Waals surface area (Å²) in [4.78, 5) is 10.6. The van der Waals surface area contributed by atoms with E-state index in [4.69, 9.17) is 10.4 Å². The molecule has 0 aromatic heterocycles. The Kier molecular flexibility index (Phi) is 3.29. The van der Waals surface area contributed by atoms with Gasteiger partial charge in [-0.1, -0.05) is 12.1 Å². The number of rotatable bonds is 3. The molecule has 4 nitrogen and oxygen atoms in total. The van der Waals surface area contributed by atoms with Crippen molar-refractivity contribution >= 4 is 11.7 Å². The summed E-state index contributed by atoms with van der Waals surface area (Å²) in [6.07, 6.45) is 0.